The molecule has 2 bridgehead atoms. The molecule has 2 aliphatic rings. The van der Waals surface area contributed by atoms with Gasteiger partial charge in [-0.05, 0) is 6.42 Å². The maximum absolute atomic E-state index is 10.5. The fourth-order valence-electron chi connectivity index (χ4n) is 1.07. The van der Waals surface area contributed by atoms with E-state index in [4.69, 9.17) is 9.47 Å². The minimum atomic E-state index is -0.222. The zero-order valence-electron chi connectivity index (χ0n) is 4.29. The number of rotatable bonds is 0. The Hall–Kier alpha value is -0.570. The Morgan fingerprint density at radius 2 is 2.38 bits per heavy atom. The minimum Gasteiger partial charge on any atom is -0.434 e. The normalized spacial score (nSPS) is 42.8. The summed E-state index contributed by atoms with van der Waals surface area (Å²) in [5.41, 5.74) is 0. The maximum atomic E-state index is 10.5. The SMILES string of the molecule is O=C1OC2CCC1O2. The summed E-state index contributed by atoms with van der Waals surface area (Å²) in [4.78, 5) is 10.5. The van der Waals surface area contributed by atoms with Crippen molar-refractivity contribution < 1.29 is 14.3 Å². The lowest BCUT2D eigenvalue weighted by atomic mass is 10.2. The Morgan fingerprint density at radius 1 is 1.50 bits per heavy atom. The summed E-state index contributed by atoms with van der Waals surface area (Å²) in [5, 5.41) is 0. The molecule has 2 unspecified atom stereocenters. The Bertz CT molecular complexity index is 132. The summed E-state index contributed by atoms with van der Waals surface area (Å²) in [5.74, 6) is -0.179. The quantitative estimate of drug-likeness (QED) is 0.417. The summed E-state index contributed by atoms with van der Waals surface area (Å²) < 4.78 is 9.71. The van der Waals surface area contributed by atoms with E-state index in [-0.39, 0.29) is 18.4 Å². The molecule has 0 aromatic carbocycles. The van der Waals surface area contributed by atoms with Gasteiger partial charge >= 0.3 is 5.97 Å². The Kier molecular flexibility index (Phi) is 0.663. The average Bonchev–Trinajstić information content (AvgIpc) is 2.23. The lowest BCUT2D eigenvalue weighted by Gasteiger charge is -2.03. The summed E-state index contributed by atoms with van der Waals surface area (Å²) in [6, 6.07) is 0. The summed E-state index contributed by atoms with van der Waals surface area (Å²) >= 11 is 0. The first-order chi connectivity index (χ1) is 3.86. The second kappa shape index (κ2) is 1.23. The third-order valence-corrected chi connectivity index (χ3v) is 1.49. The number of fused-ring (bicyclic) bond motifs is 2. The van der Waals surface area contributed by atoms with E-state index in [1.165, 1.54) is 0 Å². The van der Waals surface area contributed by atoms with Gasteiger partial charge in [-0.3, -0.25) is 0 Å². The molecule has 8 heavy (non-hydrogen) atoms. The molecule has 0 radical (unpaired) electrons. The van der Waals surface area contributed by atoms with Crippen LogP contribution in [0.1, 0.15) is 12.8 Å². The van der Waals surface area contributed by atoms with E-state index in [2.05, 4.69) is 0 Å². The van der Waals surface area contributed by atoms with Crippen LogP contribution in [0.25, 0.3) is 0 Å². The molecule has 0 amide bonds. The van der Waals surface area contributed by atoms with Gasteiger partial charge in [0.05, 0.1) is 0 Å². The first kappa shape index (κ1) is 4.32. The fraction of sp³-hybridized carbons (Fsp3) is 0.800. The predicted octanol–water partition coefficient (Wildman–Crippen LogP) is 0.0483. The molecule has 2 aliphatic heterocycles. The average molecular weight is 114 g/mol. The molecule has 0 spiro atoms. The van der Waals surface area contributed by atoms with Crippen molar-refractivity contribution in [2.24, 2.45) is 0 Å². The third kappa shape index (κ3) is 0.395. The zero-order chi connectivity index (χ0) is 5.56. The van der Waals surface area contributed by atoms with Crippen molar-refractivity contribution in [2.75, 3.05) is 0 Å². The van der Waals surface area contributed by atoms with Gasteiger partial charge in [0.15, 0.2) is 6.10 Å². The lowest BCUT2D eigenvalue weighted by Crippen LogP contribution is -2.17. The van der Waals surface area contributed by atoms with Gasteiger partial charge < -0.3 is 9.47 Å². The summed E-state index contributed by atoms with van der Waals surface area (Å²) in [6.45, 7) is 0. The molecule has 3 heteroatoms. The van der Waals surface area contributed by atoms with Crippen LogP contribution in [0.5, 0.6) is 0 Å². The highest BCUT2D eigenvalue weighted by atomic mass is 16.8. The number of carbonyl (C=O) groups is 1. The van der Waals surface area contributed by atoms with Crippen LogP contribution in [0.15, 0.2) is 0 Å². The van der Waals surface area contributed by atoms with Crippen molar-refractivity contribution in [3.8, 4) is 0 Å². The van der Waals surface area contributed by atoms with Crippen LogP contribution in [-0.2, 0) is 14.3 Å². The fourth-order valence-corrected chi connectivity index (χ4v) is 1.07. The van der Waals surface area contributed by atoms with Crippen molar-refractivity contribution in [3.63, 3.8) is 0 Å². The van der Waals surface area contributed by atoms with Crippen LogP contribution in [-0.4, -0.2) is 18.4 Å². The molecule has 2 atom stereocenters. The van der Waals surface area contributed by atoms with E-state index in [1.807, 2.05) is 0 Å². The molecule has 0 saturated carbocycles. The maximum Gasteiger partial charge on any atom is 0.337 e. The number of hydrogen-bond donors (Lipinski definition) is 0. The van der Waals surface area contributed by atoms with Crippen molar-refractivity contribution in [2.45, 2.75) is 25.2 Å². The molecule has 0 N–H and O–H groups in total. The Balaban J connectivity index is 2.22. The molecular formula is C5H6O3. The lowest BCUT2D eigenvalue weighted by molar-refractivity contribution is -0.146. The van der Waals surface area contributed by atoms with Gasteiger partial charge in [0, 0.05) is 6.42 Å². The smallest absolute Gasteiger partial charge is 0.337 e. The van der Waals surface area contributed by atoms with Gasteiger partial charge in [0.25, 0.3) is 0 Å². The molecule has 0 aromatic rings. The van der Waals surface area contributed by atoms with Crippen molar-refractivity contribution in [1.82, 2.24) is 0 Å². The van der Waals surface area contributed by atoms with Crippen LogP contribution >= 0.6 is 0 Å². The monoisotopic (exact) mass is 114 g/mol. The highest BCUT2D eigenvalue weighted by molar-refractivity contribution is 5.76. The van der Waals surface area contributed by atoms with E-state index >= 15 is 0 Å². The van der Waals surface area contributed by atoms with Crippen LogP contribution in [0, 0.1) is 0 Å². The van der Waals surface area contributed by atoms with Gasteiger partial charge in [0.2, 0.25) is 6.29 Å². The van der Waals surface area contributed by atoms with Gasteiger partial charge in [-0.25, -0.2) is 4.79 Å². The second-order valence-electron chi connectivity index (χ2n) is 2.07. The predicted molar refractivity (Wildman–Crippen MR) is 24.0 cm³/mol. The standard InChI is InChI=1S/C5H6O3/c6-5-3-1-2-4(7-3)8-5/h3-4H,1-2H2. The van der Waals surface area contributed by atoms with E-state index in [9.17, 15) is 4.79 Å². The van der Waals surface area contributed by atoms with E-state index in [1.54, 1.807) is 0 Å². The highest BCUT2D eigenvalue weighted by Gasteiger charge is 2.41. The van der Waals surface area contributed by atoms with E-state index in [0.29, 0.717) is 0 Å². The molecule has 3 nitrogen and oxygen atoms in total. The van der Waals surface area contributed by atoms with Gasteiger partial charge in [-0.15, -0.1) is 0 Å². The van der Waals surface area contributed by atoms with Gasteiger partial charge in [-0.2, -0.15) is 0 Å². The first-order valence-electron chi connectivity index (χ1n) is 2.72. The molecule has 2 heterocycles. The molecular weight excluding hydrogens is 108 g/mol. The number of hydrogen-bond acceptors (Lipinski definition) is 3. The molecule has 0 aliphatic carbocycles. The summed E-state index contributed by atoms with van der Waals surface area (Å²) in [7, 11) is 0. The number of carbonyl (C=O) groups excluding carboxylic acids is 1. The molecule has 2 saturated heterocycles. The van der Waals surface area contributed by atoms with Crippen LogP contribution in [0.3, 0.4) is 0 Å². The van der Waals surface area contributed by atoms with E-state index < -0.39 is 0 Å². The van der Waals surface area contributed by atoms with Crippen molar-refractivity contribution in [3.05, 3.63) is 0 Å². The number of esters is 1. The molecule has 2 rings (SSSR count). The Labute approximate surface area is 46.6 Å². The summed E-state index contributed by atoms with van der Waals surface area (Å²) in [6.07, 6.45) is 1.31. The van der Waals surface area contributed by atoms with Crippen LogP contribution in [0.2, 0.25) is 0 Å². The third-order valence-electron chi connectivity index (χ3n) is 1.49. The second-order valence-corrected chi connectivity index (χ2v) is 2.07. The molecule has 2 fully saturated rings. The minimum absolute atomic E-state index is 0.179. The highest BCUT2D eigenvalue weighted by Crippen LogP contribution is 2.28. The van der Waals surface area contributed by atoms with Crippen molar-refractivity contribution in [1.29, 1.82) is 0 Å². The largest absolute Gasteiger partial charge is 0.434 e. The zero-order valence-corrected chi connectivity index (χ0v) is 4.29. The van der Waals surface area contributed by atoms with E-state index in [0.717, 1.165) is 12.8 Å². The molecule has 44 valence electrons. The molecule has 0 aromatic heterocycles. The van der Waals surface area contributed by atoms with Gasteiger partial charge in [0.1, 0.15) is 0 Å². The van der Waals surface area contributed by atoms with Crippen LogP contribution in [0.4, 0.5) is 0 Å². The Morgan fingerprint density at radius 3 is 2.62 bits per heavy atom. The first-order valence-corrected chi connectivity index (χ1v) is 2.72. The number of ether oxygens (including phenoxy) is 2. The van der Waals surface area contributed by atoms with Crippen molar-refractivity contribution >= 4 is 5.97 Å². The van der Waals surface area contributed by atoms with Crippen LogP contribution < -0.4 is 0 Å². The topological polar surface area (TPSA) is 35.5 Å². The van der Waals surface area contributed by atoms with Gasteiger partial charge in [-0.1, -0.05) is 0 Å².